The molecule has 0 aliphatic carbocycles. The molecule has 102 valence electrons. The summed E-state index contributed by atoms with van der Waals surface area (Å²) in [7, 11) is -1.55. The molecule has 0 unspecified atom stereocenters. The molecule has 0 nitrogen and oxygen atoms in total. The van der Waals surface area contributed by atoms with E-state index < -0.39 is 8.07 Å². The maximum atomic E-state index is 2.46. The lowest BCUT2D eigenvalue weighted by Gasteiger charge is -2.18. The summed E-state index contributed by atoms with van der Waals surface area (Å²) in [5.41, 5.74) is 5.61. The van der Waals surface area contributed by atoms with Crippen LogP contribution in [0.2, 0.25) is 13.1 Å². The SMILES string of the molecule is C[Si]1(C)c2ccccc2-c2c(-c3ccccc3)cccc21. The van der Waals surface area contributed by atoms with Crippen LogP contribution >= 0.6 is 0 Å². The fourth-order valence-electron chi connectivity index (χ4n) is 3.61. The predicted molar refractivity (Wildman–Crippen MR) is 94.1 cm³/mol. The lowest BCUT2D eigenvalue weighted by molar-refractivity contribution is 1.63. The summed E-state index contributed by atoms with van der Waals surface area (Å²) < 4.78 is 0. The number of fused-ring (bicyclic) bond motifs is 3. The summed E-state index contributed by atoms with van der Waals surface area (Å²) >= 11 is 0. The van der Waals surface area contributed by atoms with Gasteiger partial charge in [-0.05, 0) is 32.6 Å². The van der Waals surface area contributed by atoms with Gasteiger partial charge in [-0.1, -0.05) is 85.9 Å². The zero-order chi connectivity index (χ0) is 14.4. The van der Waals surface area contributed by atoms with E-state index in [1.54, 1.807) is 10.4 Å². The third-order valence-corrected chi connectivity index (χ3v) is 8.24. The van der Waals surface area contributed by atoms with E-state index in [0.29, 0.717) is 0 Å². The van der Waals surface area contributed by atoms with Gasteiger partial charge in [0.15, 0.2) is 0 Å². The van der Waals surface area contributed by atoms with Crippen LogP contribution in [0.3, 0.4) is 0 Å². The first-order valence-electron chi connectivity index (χ1n) is 7.48. The van der Waals surface area contributed by atoms with E-state index in [2.05, 4.69) is 85.9 Å². The van der Waals surface area contributed by atoms with E-state index in [9.17, 15) is 0 Å². The van der Waals surface area contributed by atoms with Gasteiger partial charge in [0.25, 0.3) is 0 Å². The van der Waals surface area contributed by atoms with Gasteiger partial charge in [0.2, 0.25) is 0 Å². The van der Waals surface area contributed by atoms with Gasteiger partial charge in [0, 0.05) is 0 Å². The molecule has 1 heteroatoms. The molecule has 0 spiro atoms. The summed E-state index contributed by atoms with van der Waals surface area (Å²) in [6, 6.07) is 26.6. The van der Waals surface area contributed by atoms with Crippen LogP contribution in [0.5, 0.6) is 0 Å². The molecule has 21 heavy (non-hydrogen) atoms. The van der Waals surface area contributed by atoms with Gasteiger partial charge in [0.1, 0.15) is 8.07 Å². The van der Waals surface area contributed by atoms with Crippen LogP contribution in [0.4, 0.5) is 0 Å². The van der Waals surface area contributed by atoms with Gasteiger partial charge in [0.05, 0.1) is 0 Å². The second-order valence-electron chi connectivity index (χ2n) is 6.26. The molecule has 3 aromatic rings. The van der Waals surface area contributed by atoms with Crippen LogP contribution in [0.15, 0.2) is 72.8 Å². The Morgan fingerprint density at radius 1 is 0.571 bits per heavy atom. The molecule has 0 bridgehead atoms. The molecule has 0 saturated heterocycles. The molecular formula is C20H18Si. The molecule has 1 heterocycles. The van der Waals surface area contributed by atoms with E-state index in [4.69, 9.17) is 0 Å². The third kappa shape index (κ3) is 1.74. The molecule has 0 N–H and O–H groups in total. The molecular weight excluding hydrogens is 268 g/mol. The highest BCUT2D eigenvalue weighted by Crippen LogP contribution is 2.36. The van der Waals surface area contributed by atoms with Gasteiger partial charge in [-0.2, -0.15) is 0 Å². The Morgan fingerprint density at radius 3 is 2.00 bits per heavy atom. The van der Waals surface area contributed by atoms with Crippen molar-refractivity contribution in [3.05, 3.63) is 72.8 Å². The minimum absolute atomic E-state index is 1.32. The molecule has 0 fully saturated rings. The highest BCUT2D eigenvalue weighted by atomic mass is 28.3. The monoisotopic (exact) mass is 286 g/mol. The summed E-state index contributed by atoms with van der Waals surface area (Å²) in [5.74, 6) is 0. The van der Waals surface area contributed by atoms with Crippen molar-refractivity contribution in [2.24, 2.45) is 0 Å². The Morgan fingerprint density at radius 2 is 1.19 bits per heavy atom. The van der Waals surface area contributed by atoms with Gasteiger partial charge < -0.3 is 0 Å². The molecule has 1 aliphatic rings. The molecule has 1 aliphatic heterocycles. The zero-order valence-corrected chi connectivity index (χ0v) is 13.4. The third-order valence-electron chi connectivity index (χ3n) is 4.69. The summed E-state index contributed by atoms with van der Waals surface area (Å²) in [6.45, 7) is 4.93. The Hall–Kier alpha value is -2.12. The van der Waals surface area contributed by atoms with E-state index in [0.717, 1.165) is 0 Å². The van der Waals surface area contributed by atoms with Crippen molar-refractivity contribution in [1.29, 1.82) is 0 Å². The van der Waals surface area contributed by atoms with Crippen molar-refractivity contribution >= 4 is 18.4 Å². The molecule has 4 rings (SSSR count). The van der Waals surface area contributed by atoms with Crippen LogP contribution in [-0.4, -0.2) is 8.07 Å². The normalized spacial score (nSPS) is 14.6. The van der Waals surface area contributed by atoms with Crippen molar-refractivity contribution in [3.63, 3.8) is 0 Å². The van der Waals surface area contributed by atoms with E-state index in [-0.39, 0.29) is 0 Å². The molecule has 0 radical (unpaired) electrons. The average Bonchev–Trinajstić information content (AvgIpc) is 2.77. The van der Waals surface area contributed by atoms with Crippen LogP contribution < -0.4 is 10.4 Å². The Kier molecular flexibility index (Phi) is 2.66. The van der Waals surface area contributed by atoms with Gasteiger partial charge >= 0.3 is 0 Å². The van der Waals surface area contributed by atoms with E-state index in [1.165, 1.54) is 22.3 Å². The predicted octanol–water partition coefficient (Wildman–Crippen LogP) is 4.16. The minimum Gasteiger partial charge on any atom is -0.0623 e. The molecule has 3 aromatic carbocycles. The Labute approximate surface area is 127 Å². The van der Waals surface area contributed by atoms with Crippen LogP contribution in [-0.2, 0) is 0 Å². The van der Waals surface area contributed by atoms with Gasteiger partial charge in [-0.15, -0.1) is 0 Å². The standard InChI is InChI=1S/C20H18Si/c1-21(2)18-13-7-6-11-17(18)20-16(12-8-14-19(20)21)15-9-4-3-5-10-15/h3-14H,1-2H3. The highest BCUT2D eigenvalue weighted by Gasteiger charge is 2.38. The first kappa shape index (κ1) is 12.6. The first-order valence-corrected chi connectivity index (χ1v) is 10.5. The van der Waals surface area contributed by atoms with Crippen molar-refractivity contribution < 1.29 is 0 Å². The number of hydrogen-bond acceptors (Lipinski definition) is 0. The summed E-state index contributed by atoms with van der Waals surface area (Å²) in [4.78, 5) is 0. The second-order valence-corrected chi connectivity index (χ2v) is 10.6. The number of rotatable bonds is 1. The second kappa shape index (κ2) is 4.44. The number of hydrogen-bond donors (Lipinski definition) is 0. The first-order chi connectivity index (χ1) is 10.2. The Bertz CT molecular complexity index is 816. The highest BCUT2D eigenvalue weighted by molar-refractivity contribution is 7.04. The minimum atomic E-state index is -1.55. The topological polar surface area (TPSA) is 0 Å². The van der Waals surface area contributed by atoms with Crippen LogP contribution in [0, 0.1) is 0 Å². The van der Waals surface area contributed by atoms with Crippen LogP contribution in [0.1, 0.15) is 0 Å². The lowest BCUT2D eigenvalue weighted by Crippen LogP contribution is -2.49. The quantitative estimate of drug-likeness (QED) is 0.589. The smallest absolute Gasteiger partial charge is 0.0623 e. The largest absolute Gasteiger partial charge is 0.113 e. The fourth-order valence-corrected chi connectivity index (χ4v) is 6.70. The summed E-state index contributed by atoms with van der Waals surface area (Å²) in [6.07, 6.45) is 0. The molecule has 0 atom stereocenters. The Balaban J connectivity index is 2.08. The van der Waals surface area contributed by atoms with Gasteiger partial charge in [-0.25, -0.2) is 0 Å². The maximum absolute atomic E-state index is 2.46. The molecule has 0 saturated carbocycles. The summed E-state index contributed by atoms with van der Waals surface area (Å²) in [5, 5.41) is 3.15. The van der Waals surface area contributed by atoms with Crippen molar-refractivity contribution in [3.8, 4) is 22.3 Å². The fraction of sp³-hybridized carbons (Fsp3) is 0.100. The van der Waals surface area contributed by atoms with Crippen molar-refractivity contribution in [2.45, 2.75) is 13.1 Å². The number of benzene rings is 3. The van der Waals surface area contributed by atoms with Gasteiger partial charge in [-0.3, -0.25) is 0 Å². The van der Waals surface area contributed by atoms with Crippen molar-refractivity contribution in [1.82, 2.24) is 0 Å². The zero-order valence-electron chi connectivity index (χ0n) is 12.4. The maximum Gasteiger partial charge on any atom is 0.113 e. The molecule has 0 amide bonds. The lowest BCUT2D eigenvalue weighted by atomic mass is 9.95. The molecule has 0 aromatic heterocycles. The average molecular weight is 286 g/mol. The van der Waals surface area contributed by atoms with Crippen LogP contribution in [0.25, 0.3) is 22.3 Å². The van der Waals surface area contributed by atoms with E-state index >= 15 is 0 Å². The van der Waals surface area contributed by atoms with Crippen molar-refractivity contribution in [2.75, 3.05) is 0 Å². The van der Waals surface area contributed by atoms with E-state index in [1.807, 2.05) is 0 Å².